The zero-order valence-corrected chi connectivity index (χ0v) is 17.7. The minimum Gasteiger partial charge on any atom is -0.385 e. The van der Waals surface area contributed by atoms with Crippen molar-refractivity contribution in [1.82, 2.24) is 15.5 Å². The molecular formula is C22H37N3O3. The summed E-state index contributed by atoms with van der Waals surface area (Å²) in [5.74, 6) is 0.143. The quantitative estimate of drug-likeness (QED) is 0.560. The largest absolute Gasteiger partial charge is 0.385 e. The highest BCUT2D eigenvalue weighted by atomic mass is 16.5. The van der Waals surface area contributed by atoms with Crippen LogP contribution in [0.3, 0.4) is 0 Å². The smallest absolute Gasteiger partial charge is 0.253 e. The molecule has 1 amide bonds. The summed E-state index contributed by atoms with van der Waals surface area (Å²) in [6.07, 6.45) is 10.7. The number of carbonyl (C=O) groups is 1. The lowest BCUT2D eigenvalue weighted by atomic mass is 9.95. The summed E-state index contributed by atoms with van der Waals surface area (Å²) < 4.78 is 10.9. The van der Waals surface area contributed by atoms with E-state index in [9.17, 15) is 4.79 Å². The minimum atomic E-state index is -0.349. The average Bonchev–Trinajstić information content (AvgIpc) is 3.56. The number of hydrogen-bond acceptors (Lipinski definition) is 5. The Morgan fingerprint density at radius 2 is 2.21 bits per heavy atom. The average molecular weight is 392 g/mol. The van der Waals surface area contributed by atoms with Crippen molar-refractivity contribution in [2.75, 3.05) is 33.4 Å². The molecule has 28 heavy (non-hydrogen) atoms. The van der Waals surface area contributed by atoms with Crippen LogP contribution in [-0.2, 0) is 14.3 Å². The molecule has 0 aromatic heterocycles. The molecule has 158 valence electrons. The first-order valence-electron chi connectivity index (χ1n) is 11.0. The van der Waals surface area contributed by atoms with Gasteiger partial charge in [-0.2, -0.15) is 0 Å². The molecule has 2 heterocycles. The number of rotatable bonds is 10. The summed E-state index contributed by atoms with van der Waals surface area (Å²) in [7, 11) is 1.76. The Balaban J connectivity index is 1.70. The fourth-order valence-electron chi connectivity index (χ4n) is 4.12. The second-order valence-electron chi connectivity index (χ2n) is 8.15. The molecule has 2 aliphatic heterocycles. The lowest BCUT2D eigenvalue weighted by Crippen LogP contribution is -2.53. The number of ether oxygens (including phenoxy) is 2. The third-order valence-corrected chi connectivity index (χ3v) is 5.90. The number of hydrogen-bond donors (Lipinski definition) is 2. The van der Waals surface area contributed by atoms with Crippen LogP contribution in [0.15, 0.2) is 23.4 Å². The summed E-state index contributed by atoms with van der Waals surface area (Å²) in [5, 5.41) is 6.93. The molecule has 3 rings (SSSR count). The molecule has 2 fully saturated rings. The zero-order chi connectivity index (χ0) is 19.9. The number of morpholine rings is 1. The van der Waals surface area contributed by atoms with E-state index in [1.165, 1.54) is 11.3 Å². The van der Waals surface area contributed by atoms with E-state index >= 15 is 0 Å². The van der Waals surface area contributed by atoms with Gasteiger partial charge in [0.15, 0.2) is 0 Å². The Kier molecular flexibility index (Phi) is 7.94. The lowest BCUT2D eigenvalue weighted by molar-refractivity contribution is -0.147. The second-order valence-corrected chi connectivity index (χ2v) is 8.15. The number of nitrogens with one attached hydrogen (secondary N) is 2. The summed E-state index contributed by atoms with van der Waals surface area (Å²) in [6, 6.07) is 0.774. The molecule has 6 nitrogen and oxygen atoms in total. The monoisotopic (exact) mass is 391 g/mol. The van der Waals surface area contributed by atoms with Gasteiger partial charge in [-0.25, -0.2) is 0 Å². The van der Waals surface area contributed by atoms with Crippen LogP contribution in [0, 0.1) is 0 Å². The van der Waals surface area contributed by atoms with E-state index < -0.39 is 0 Å². The fourth-order valence-corrected chi connectivity index (χ4v) is 4.12. The van der Waals surface area contributed by atoms with Crippen molar-refractivity contribution in [3.8, 4) is 0 Å². The van der Waals surface area contributed by atoms with Crippen molar-refractivity contribution in [2.24, 2.45) is 0 Å². The molecule has 1 unspecified atom stereocenters. The Bertz CT molecular complexity index is 580. The predicted molar refractivity (Wildman–Crippen MR) is 111 cm³/mol. The van der Waals surface area contributed by atoms with Crippen molar-refractivity contribution >= 4 is 5.91 Å². The molecule has 0 bridgehead atoms. The van der Waals surface area contributed by atoms with Crippen molar-refractivity contribution in [3.05, 3.63) is 23.4 Å². The van der Waals surface area contributed by atoms with E-state index in [1.807, 2.05) is 0 Å². The number of unbranched alkanes of at least 4 members (excludes halogenated alkanes) is 1. The topological polar surface area (TPSA) is 62.8 Å². The molecule has 0 spiro atoms. The molecule has 0 aromatic rings. The van der Waals surface area contributed by atoms with Gasteiger partial charge < -0.3 is 25.0 Å². The van der Waals surface area contributed by atoms with Crippen LogP contribution in [0.2, 0.25) is 0 Å². The van der Waals surface area contributed by atoms with Gasteiger partial charge in [0, 0.05) is 44.6 Å². The number of carbonyl (C=O) groups excluding carboxylic acids is 1. The number of methoxy groups -OCH3 is 1. The van der Waals surface area contributed by atoms with Crippen LogP contribution in [0.1, 0.15) is 52.4 Å². The van der Waals surface area contributed by atoms with E-state index in [4.69, 9.17) is 9.47 Å². The van der Waals surface area contributed by atoms with Gasteiger partial charge in [0.05, 0.1) is 12.6 Å². The van der Waals surface area contributed by atoms with Gasteiger partial charge in [-0.3, -0.25) is 4.79 Å². The molecule has 3 aliphatic rings. The Labute approximate surface area is 169 Å². The highest BCUT2D eigenvalue weighted by Gasteiger charge is 2.40. The third kappa shape index (κ3) is 5.58. The highest BCUT2D eigenvalue weighted by Crippen LogP contribution is 2.33. The number of allylic oxidation sites excluding steroid dienone is 1. The maximum absolute atomic E-state index is 13.2. The molecule has 1 saturated carbocycles. The van der Waals surface area contributed by atoms with Crippen LogP contribution >= 0.6 is 0 Å². The molecule has 3 atom stereocenters. The van der Waals surface area contributed by atoms with Crippen LogP contribution in [0.5, 0.6) is 0 Å². The predicted octanol–water partition coefficient (Wildman–Crippen LogP) is 2.36. The van der Waals surface area contributed by atoms with Crippen LogP contribution in [-0.4, -0.2) is 68.4 Å². The summed E-state index contributed by atoms with van der Waals surface area (Å²) in [5.41, 5.74) is 2.52. The number of dihydropyridines is 1. The summed E-state index contributed by atoms with van der Waals surface area (Å²) in [6.45, 7) is 7.23. The minimum absolute atomic E-state index is 0.0793. The Morgan fingerprint density at radius 1 is 1.39 bits per heavy atom. The van der Waals surface area contributed by atoms with Gasteiger partial charge in [-0.15, -0.1) is 0 Å². The van der Waals surface area contributed by atoms with E-state index in [0.29, 0.717) is 25.2 Å². The SMILES string of the molecule is CCC1=CC([C@@H](C)N(C(=O)[C@H]2CNCCO2)C2CC2)=CC(CCCCOC)N1. The van der Waals surface area contributed by atoms with E-state index in [1.54, 1.807) is 7.11 Å². The van der Waals surface area contributed by atoms with Crippen molar-refractivity contribution in [2.45, 2.75) is 76.6 Å². The van der Waals surface area contributed by atoms with Crippen LogP contribution in [0.4, 0.5) is 0 Å². The first-order valence-corrected chi connectivity index (χ1v) is 11.0. The molecule has 0 aromatic carbocycles. The van der Waals surface area contributed by atoms with Gasteiger partial charge in [0.1, 0.15) is 6.10 Å². The van der Waals surface area contributed by atoms with Crippen molar-refractivity contribution in [3.63, 3.8) is 0 Å². The van der Waals surface area contributed by atoms with E-state index in [-0.39, 0.29) is 18.1 Å². The highest BCUT2D eigenvalue weighted by molar-refractivity contribution is 5.82. The number of nitrogens with zero attached hydrogens (tertiary/aromatic N) is 1. The van der Waals surface area contributed by atoms with Gasteiger partial charge >= 0.3 is 0 Å². The van der Waals surface area contributed by atoms with Crippen LogP contribution in [0.25, 0.3) is 0 Å². The standard InChI is InChI=1S/C22H37N3O3/c1-4-18-13-17(14-19(24-18)7-5-6-11-27-3)16(2)25(20-8-9-20)22(26)21-15-23-10-12-28-21/h13-14,16,19-21,23-24H,4-12,15H2,1-3H3/t16-,19?,21-/m1/s1. The Hall–Kier alpha value is -1.37. The van der Waals surface area contributed by atoms with Gasteiger partial charge in [-0.1, -0.05) is 13.0 Å². The number of amides is 1. The Morgan fingerprint density at radius 3 is 2.86 bits per heavy atom. The second kappa shape index (κ2) is 10.4. The van der Waals surface area contributed by atoms with Crippen LogP contribution < -0.4 is 10.6 Å². The molecular weight excluding hydrogens is 354 g/mol. The maximum atomic E-state index is 13.2. The zero-order valence-electron chi connectivity index (χ0n) is 17.7. The van der Waals surface area contributed by atoms with Gasteiger partial charge in [0.2, 0.25) is 0 Å². The molecule has 0 radical (unpaired) electrons. The van der Waals surface area contributed by atoms with Crippen molar-refractivity contribution < 1.29 is 14.3 Å². The lowest BCUT2D eigenvalue weighted by Gasteiger charge is -2.36. The molecule has 6 heteroatoms. The normalized spacial score (nSPS) is 26.1. The molecule has 1 aliphatic carbocycles. The fraction of sp³-hybridized carbons (Fsp3) is 0.773. The molecule has 1 saturated heterocycles. The summed E-state index contributed by atoms with van der Waals surface area (Å²) in [4.78, 5) is 15.3. The van der Waals surface area contributed by atoms with Gasteiger partial charge in [-0.05, 0) is 57.1 Å². The third-order valence-electron chi connectivity index (χ3n) is 5.90. The first kappa shape index (κ1) is 21.3. The van der Waals surface area contributed by atoms with Gasteiger partial charge in [0.25, 0.3) is 5.91 Å². The summed E-state index contributed by atoms with van der Waals surface area (Å²) >= 11 is 0. The van der Waals surface area contributed by atoms with Crippen molar-refractivity contribution in [1.29, 1.82) is 0 Å². The first-order chi connectivity index (χ1) is 13.6. The molecule has 2 N–H and O–H groups in total. The van der Waals surface area contributed by atoms with E-state index in [0.717, 1.165) is 51.7 Å². The van der Waals surface area contributed by atoms with E-state index in [2.05, 4.69) is 41.5 Å². The maximum Gasteiger partial charge on any atom is 0.253 e.